The van der Waals surface area contributed by atoms with Crippen LogP contribution >= 0.6 is 11.6 Å². The van der Waals surface area contributed by atoms with Gasteiger partial charge in [-0.1, -0.05) is 17.7 Å². The average molecular weight is 239 g/mol. The van der Waals surface area contributed by atoms with E-state index in [-0.39, 0.29) is 10.6 Å². The van der Waals surface area contributed by atoms with Gasteiger partial charge in [0.15, 0.2) is 5.82 Å². The van der Waals surface area contributed by atoms with E-state index in [1.165, 1.54) is 10.7 Å². The van der Waals surface area contributed by atoms with Crippen molar-refractivity contribution in [2.45, 2.75) is 6.92 Å². The van der Waals surface area contributed by atoms with E-state index < -0.39 is 5.97 Å². The Morgan fingerprint density at radius 2 is 2.25 bits per heavy atom. The number of aromatic carboxylic acids is 1. The second-order valence-corrected chi connectivity index (χ2v) is 3.48. The summed E-state index contributed by atoms with van der Waals surface area (Å²) < 4.78 is 1.33. The lowest BCUT2D eigenvalue weighted by Crippen LogP contribution is -2.08. The van der Waals surface area contributed by atoms with Crippen LogP contribution in [0.4, 0.5) is 0 Å². The van der Waals surface area contributed by atoms with Crippen molar-refractivity contribution < 1.29 is 9.90 Å². The van der Waals surface area contributed by atoms with E-state index in [0.717, 1.165) is 0 Å². The van der Waals surface area contributed by atoms with Crippen LogP contribution in [0.25, 0.3) is 5.69 Å². The first-order valence-corrected chi connectivity index (χ1v) is 4.76. The van der Waals surface area contributed by atoms with Gasteiger partial charge in [-0.2, -0.15) is 4.68 Å². The zero-order valence-corrected chi connectivity index (χ0v) is 9.01. The predicted octanol–water partition coefficient (Wildman–Crippen LogP) is 1.32. The molecule has 2 rings (SSSR count). The molecule has 6 nitrogen and oxygen atoms in total. The van der Waals surface area contributed by atoms with Crippen molar-refractivity contribution in [1.29, 1.82) is 0 Å². The molecule has 1 aromatic carbocycles. The minimum absolute atomic E-state index is 0.0143. The predicted molar refractivity (Wildman–Crippen MR) is 55.9 cm³/mol. The molecule has 0 amide bonds. The number of carboxylic acid groups (broad SMARTS) is 1. The maximum absolute atomic E-state index is 11.1. The third-order valence-corrected chi connectivity index (χ3v) is 2.37. The summed E-state index contributed by atoms with van der Waals surface area (Å²) in [5, 5.41) is 20.1. The minimum Gasteiger partial charge on any atom is -0.478 e. The number of carboxylic acids is 1. The van der Waals surface area contributed by atoms with Crippen molar-refractivity contribution >= 4 is 17.6 Å². The van der Waals surface area contributed by atoms with Gasteiger partial charge in [0, 0.05) is 0 Å². The third-order valence-electron chi connectivity index (χ3n) is 2.06. The Hall–Kier alpha value is -1.95. The number of rotatable bonds is 2. The molecule has 82 valence electrons. The first-order valence-electron chi connectivity index (χ1n) is 4.38. The Labute approximate surface area is 95.5 Å². The molecule has 0 radical (unpaired) electrons. The zero-order valence-electron chi connectivity index (χ0n) is 8.25. The van der Waals surface area contributed by atoms with Gasteiger partial charge in [-0.05, 0) is 29.5 Å². The summed E-state index contributed by atoms with van der Waals surface area (Å²) in [4.78, 5) is 11.1. The molecule has 1 aromatic heterocycles. The molecule has 2 aromatic rings. The van der Waals surface area contributed by atoms with Crippen LogP contribution in [0.5, 0.6) is 0 Å². The quantitative estimate of drug-likeness (QED) is 0.853. The molecule has 0 fully saturated rings. The Kier molecular flexibility index (Phi) is 2.57. The Morgan fingerprint density at radius 1 is 1.50 bits per heavy atom. The van der Waals surface area contributed by atoms with E-state index in [1.807, 2.05) is 0 Å². The van der Waals surface area contributed by atoms with Crippen molar-refractivity contribution in [3.8, 4) is 5.69 Å². The van der Waals surface area contributed by atoms with Crippen LogP contribution in [0.1, 0.15) is 16.2 Å². The molecule has 7 heteroatoms. The van der Waals surface area contributed by atoms with Crippen LogP contribution in [-0.2, 0) is 0 Å². The van der Waals surface area contributed by atoms with Crippen LogP contribution in [0.15, 0.2) is 18.2 Å². The summed E-state index contributed by atoms with van der Waals surface area (Å²) in [6.07, 6.45) is 0. The summed E-state index contributed by atoms with van der Waals surface area (Å²) in [6.45, 7) is 1.67. The molecule has 0 saturated heterocycles. The molecule has 0 aliphatic carbocycles. The van der Waals surface area contributed by atoms with Gasteiger partial charge in [0.25, 0.3) is 0 Å². The number of aryl methyl sites for hydroxylation is 1. The van der Waals surface area contributed by atoms with E-state index >= 15 is 0 Å². The number of tetrazole rings is 1. The standard InChI is InChI=1S/C9H7ClN4O2/c1-5-11-12-13-14(5)7-4-2-3-6(10)8(7)9(15)16/h2-4H,1H3,(H,15,16). The zero-order chi connectivity index (χ0) is 11.7. The van der Waals surface area contributed by atoms with Crippen molar-refractivity contribution in [1.82, 2.24) is 20.2 Å². The Balaban J connectivity index is 2.70. The second-order valence-electron chi connectivity index (χ2n) is 3.08. The van der Waals surface area contributed by atoms with Crippen molar-refractivity contribution in [3.63, 3.8) is 0 Å². The molecular formula is C9H7ClN4O2. The Morgan fingerprint density at radius 3 is 2.81 bits per heavy atom. The van der Waals surface area contributed by atoms with Gasteiger partial charge in [-0.15, -0.1) is 5.10 Å². The fourth-order valence-corrected chi connectivity index (χ4v) is 1.61. The molecule has 0 aliphatic heterocycles. The van der Waals surface area contributed by atoms with Crippen LogP contribution in [0.2, 0.25) is 5.02 Å². The van der Waals surface area contributed by atoms with Gasteiger partial charge in [0.1, 0.15) is 5.56 Å². The number of benzene rings is 1. The highest BCUT2D eigenvalue weighted by Crippen LogP contribution is 2.23. The number of hydrogen-bond donors (Lipinski definition) is 1. The summed E-state index contributed by atoms with van der Waals surface area (Å²) in [5.41, 5.74) is 0.335. The van der Waals surface area contributed by atoms with Gasteiger partial charge < -0.3 is 5.11 Å². The average Bonchev–Trinajstić information content (AvgIpc) is 2.63. The molecule has 0 unspecified atom stereocenters. The lowest BCUT2D eigenvalue weighted by Gasteiger charge is -2.07. The molecule has 0 bridgehead atoms. The van der Waals surface area contributed by atoms with Gasteiger partial charge in [0.05, 0.1) is 10.7 Å². The van der Waals surface area contributed by atoms with Gasteiger partial charge in [-0.3, -0.25) is 0 Å². The first kappa shape index (κ1) is 10.6. The topological polar surface area (TPSA) is 80.9 Å². The maximum Gasteiger partial charge on any atom is 0.339 e. The largest absolute Gasteiger partial charge is 0.478 e. The molecular weight excluding hydrogens is 232 g/mol. The van der Waals surface area contributed by atoms with Gasteiger partial charge in [0.2, 0.25) is 0 Å². The minimum atomic E-state index is -1.12. The SMILES string of the molecule is Cc1nnnn1-c1cccc(Cl)c1C(=O)O. The Bertz CT molecular complexity index is 552. The summed E-state index contributed by atoms with van der Waals surface area (Å²) in [5.74, 6) is -0.625. The van der Waals surface area contributed by atoms with E-state index in [2.05, 4.69) is 15.5 Å². The van der Waals surface area contributed by atoms with Crippen LogP contribution < -0.4 is 0 Å². The molecule has 0 spiro atoms. The number of nitrogens with zero attached hydrogens (tertiary/aromatic N) is 4. The summed E-state index contributed by atoms with van der Waals surface area (Å²) in [6, 6.07) is 4.75. The fourth-order valence-electron chi connectivity index (χ4n) is 1.36. The second kappa shape index (κ2) is 3.90. The van der Waals surface area contributed by atoms with Crippen LogP contribution in [-0.4, -0.2) is 31.3 Å². The van der Waals surface area contributed by atoms with Gasteiger partial charge >= 0.3 is 5.97 Å². The first-order chi connectivity index (χ1) is 7.61. The van der Waals surface area contributed by atoms with Crippen LogP contribution in [0.3, 0.4) is 0 Å². The molecule has 0 atom stereocenters. The van der Waals surface area contributed by atoms with E-state index in [9.17, 15) is 4.79 Å². The van der Waals surface area contributed by atoms with Crippen molar-refractivity contribution in [2.24, 2.45) is 0 Å². The van der Waals surface area contributed by atoms with Gasteiger partial charge in [-0.25, -0.2) is 4.79 Å². The summed E-state index contributed by atoms with van der Waals surface area (Å²) >= 11 is 5.83. The molecule has 0 aliphatic rings. The highest BCUT2D eigenvalue weighted by Gasteiger charge is 2.17. The lowest BCUT2D eigenvalue weighted by atomic mass is 10.2. The molecule has 16 heavy (non-hydrogen) atoms. The van der Waals surface area contributed by atoms with Crippen molar-refractivity contribution in [3.05, 3.63) is 34.6 Å². The maximum atomic E-state index is 11.1. The number of aromatic nitrogens is 4. The van der Waals surface area contributed by atoms with Crippen molar-refractivity contribution in [2.75, 3.05) is 0 Å². The molecule has 0 saturated carbocycles. The molecule has 1 N–H and O–H groups in total. The molecule has 1 heterocycles. The number of hydrogen-bond acceptors (Lipinski definition) is 4. The van der Waals surface area contributed by atoms with E-state index in [4.69, 9.17) is 16.7 Å². The lowest BCUT2D eigenvalue weighted by molar-refractivity contribution is 0.0697. The summed E-state index contributed by atoms with van der Waals surface area (Å²) in [7, 11) is 0. The fraction of sp³-hybridized carbons (Fsp3) is 0.111. The smallest absolute Gasteiger partial charge is 0.339 e. The monoisotopic (exact) mass is 238 g/mol. The van der Waals surface area contributed by atoms with Crippen LogP contribution in [0, 0.1) is 6.92 Å². The van der Waals surface area contributed by atoms with E-state index in [0.29, 0.717) is 11.5 Å². The highest BCUT2D eigenvalue weighted by atomic mass is 35.5. The number of carbonyl (C=O) groups is 1. The van der Waals surface area contributed by atoms with E-state index in [1.54, 1.807) is 19.1 Å². The number of halogens is 1. The highest BCUT2D eigenvalue weighted by molar-refractivity contribution is 6.34. The third kappa shape index (κ3) is 1.63. The normalized spacial score (nSPS) is 10.4.